The predicted octanol–water partition coefficient (Wildman–Crippen LogP) is 5.61. The standard InChI is InChI=1S/C27H41ClFN7/c1-7-10-35-11-13-36(14-12-35)23-15-19(8-9-21(23)28)32-25-30-18-22(29)24(33-25)31-20-16-26(2,3)34(6)27(4,5)17-20/h8-9,15,18,20H,7,10-14,16-17H2,1-6H3,(H2,30,31,32,33). The van der Waals surface area contributed by atoms with E-state index in [1.807, 2.05) is 18.2 Å². The van der Waals surface area contributed by atoms with Crippen molar-refractivity contribution in [1.82, 2.24) is 19.8 Å². The Hall–Kier alpha value is -2.16. The molecule has 0 aliphatic carbocycles. The van der Waals surface area contributed by atoms with Gasteiger partial charge in [-0.3, -0.25) is 9.80 Å². The van der Waals surface area contributed by atoms with Crippen molar-refractivity contribution in [3.05, 3.63) is 35.2 Å². The minimum atomic E-state index is -0.447. The fourth-order valence-corrected chi connectivity index (χ4v) is 5.92. The first kappa shape index (κ1) is 26.9. The maximum atomic E-state index is 14.7. The van der Waals surface area contributed by atoms with Crippen molar-refractivity contribution in [3.63, 3.8) is 0 Å². The second kappa shape index (κ2) is 10.7. The highest BCUT2D eigenvalue weighted by Gasteiger charge is 2.43. The SMILES string of the molecule is CCCN1CCN(c2cc(Nc3ncc(F)c(NC4CC(C)(C)N(C)C(C)(C)C4)n3)ccc2Cl)CC1. The van der Waals surface area contributed by atoms with Gasteiger partial charge >= 0.3 is 0 Å². The van der Waals surface area contributed by atoms with Crippen LogP contribution in [0.3, 0.4) is 0 Å². The van der Waals surface area contributed by atoms with Crippen molar-refractivity contribution in [3.8, 4) is 0 Å². The van der Waals surface area contributed by atoms with Gasteiger partial charge in [0, 0.05) is 49.0 Å². The number of halogens is 2. The van der Waals surface area contributed by atoms with E-state index in [1.165, 1.54) is 12.6 Å². The molecule has 0 bridgehead atoms. The molecule has 1 aromatic heterocycles. The van der Waals surface area contributed by atoms with Crippen LogP contribution < -0.4 is 15.5 Å². The van der Waals surface area contributed by atoms with Crippen LogP contribution in [0, 0.1) is 5.82 Å². The van der Waals surface area contributed by atoms with E-state index in [1.54, 1.807) is 0 Å². The normalized spacial score (nSPS) is 20.9. The maximum Gasteiger partial charge on any atom is 0.229 e. The Morgan fingerprint density at radius 2 is 1.75 bits per heavy atom. The lowest BCUT2D eigenvalue weighted by atomic mass is 9.77. The molecule has 2 aromatic rings. The van der Waals surface area contributed by atoms with Gasteiger partial charge in [-0.1, -0.05) is 18.5 Å². The molecule has 0 unspecified atom stereocenters. The number of anilines is 4. The van der Waals surface area contributed by atoms with E-state index in [9.17, 15) is 4.39 Å². The molecule has 0 atom stereocenters. The van der Waals surface area contributed by atoms with Gasteiger partial charge in [0.25, 0.3) is 0 Å². The summed E-state index contributed by atoms with van der Waals surface area (Å²) in [6.45, 7) is 16.2. The molecule has 2 aliphatic rings. The Morgan fingerprint density at radius 1 is 1.08 bits per heavy atom. The summed E-state index contributed by atoms with van der Waals surface area (Å²) in [7, 11) is 2.16. The molecule has 0 amide bonds. The molecular formula is C27H41ClFN7. The van der Waals surface area contributed by atoms with E-state index in [0.29, 0.717) is 5.95 Å². The third-order valence-electron chi connectivity index (χ3n) is 7.85. The molecule has 2 aliphatic heterocycles. The van der Waals surface area contributed by atoms with Gasteiger partial charge in [0.15, 0.2) is 11.6 Å². The Labute approximate surface area is 220 Å². The van der Waals surface area contributed by atoms with Crippen LogP contribution in [0.5, 0.6) is 0 Å². The van der Waals surface area contributed by atoms with Crippen LogP contribution in [0.15, 0.2) is 24.4 Å². The molecular weight excluding hydrogens is 477 g/mol. The van der Waals surface area contributed by atoms with Crippen molar-refractivity contribution >= 4 is 34.7 Å². The fourth-order valence-electron chi connectivity index (χ4n) is 5.69. The highest BCUT2D eigenvalue weighted by molar-refractivity contribution is 6.33. The average Bonchev–Trinajstić information content (AvgIpc) is 2.81. The number of nitrogens with one attached hydrogen (secondary N) is 2. The minimum Gasteiger partial charge on any atom is -0.368 e. The van der Waals surface area contributed by atoms with E-state index >= 15 is 0 Å². The van der Waals surface area contributed by atoms with E-state index in [2.05, 4.69) is 77.0 Å². The van der Waals surface area contributed by atoms with Crippen LogP contribution in [-0.4, -0.2) is 76.7 Å². The lowest BCUT2D eigenvalue weighted by Gasteiger charge is -2.53. The van der Waals surface area contributed by atoms with Crippen molar-refractivity contribution in [2.24, 2.45) is 0 Å². The summed E-state index contributed by atoms with van der Waals surface area (Å²) in [6.07, 6.45) is 4.19. The third-order valence-corrected chi connectivity index (χ3v) is 8.17. The minimum absolute atomic E-state index is 0.00820. The molecule has 4 rings (SSSR count). The Kier molecular flexibility index (Phi) is 7.98. The first-order valence-electron chi connectivity index (χ1n) is 13.1. The van der Waals surface area contributed by atoms with Gasteiger partial charge in [-0.2, -0.15) is 4.98 Å². The van der Waals surface area contributed by atoms with E-state index in [0.717, 1.165) is 62.0 Å². The number of aromatic nitrogens is 2. The van der Waals surface area contributed by atoms with Gasteiger partial charge in [-0.05, 0) is 78.7 Å². The first-order valence-corrected chi connectivity index (χ1v) is 13.4. The van der Waals surface area contributed by atoms with Crippen LogP contribution in [-0.2, 0) is 0 Å². The van der Waals surface area contributed by atoms with Crippen molar-refractivity contribution in [1.29, 1.82) is 0 Å². The highest BCUT2D eigenvalue weighted by atomic mass is 35.5. The molecule has 1 aromatic carbocycles. The average molecular weight is 518 g/mol. The van der Waals surface area contributed by atoms with Crippen LogP contribution in [0.1, 0.15) is 53.9 Å². The summed E-state index contributed by atoms with van der Waals surface area (Å²) in [5, 5.41) is 7.34. The predicted molar refractivity (Wildman–Crippen MR) is 148 cm³/mol. The van der Waals surface area contributed by atoms with Crippen molar-refractivity contribution in [2.75, 3.05) is 55.3 Å². The number of hydrogen-bond donors (Lipinski definition) is 2. The van der Waals surface area contributed by atoms with Crippen LogP contribution >= 0.6 is 11.6 Å². The smallest absolute Gasteiger partial charge is 0.229 e. The van der Waals surface area contributed by atoms with Crippen molar-refractivity contribution < 1.29 is 4.39 Å². The largest absolute Gasteiger partial charge is 0.368 e. The first-order chi connectivity index (χ1) is 17.0. The molecule has 7 nitrogen and oxygen atoms in total. The molecule has 198 valence electrons. The second-order valence-electron chi connectivity index (χ2n) is 11.4. The molecule has 0 radical (unpaired) electrons. The number of nitrogens with zero attached hydrogens (tertiary/aromatic N) is 5. The molecule has 36 heavy (non-hydrogen) atoms. The molecule has 2 saturated heterocycles. The van der Waals surface area contributed by atoms with Gasteiger partial charge in [-0.15, -0.1) is 0 Å². The number of piperazine rings is 1. The number of rotatable bonds is 7. The molecule has 9 heteroatoms. The van der Waals surface area contributed by atoms with Gasteiger partial charge in [0.2, 0.25) is 5.95 Å². The zero-order valence-corrected chi connectivity index (χ0v) is 23.3. The zero-order valence-electron chi connectivity index (χ0n) is 22.5. The molecule has 0 spiro atoms. The molecule has 0 saturated carbocycles. The Balaban J connectivity index is 1.47. The third kappa shape index (κ3) is 6.03. The molecule has 2 fully saturated rings. The van der Waals surface area contributed by atoms with Crippen LogP contribution in [0.4, 0.5) is 27.5 Å². The Bertz CT molecular complexity index is 1030. The van der Waals surface area contributed by atoms with E-state index < -0.39 is 5.82 Å². The Morgan fingerprint density at radius 3 is 2.39 bits per heavy atom. The van der Waals surface area contributed by atoms with E-state index in [4.69, 9.17) is 11.6 Å². The summed E-state index contributed by atoms with van der Waals surface area (Å²) in [4.78, 5) is 15.9. The topological polar surface area (TPSA) is 59.6 Å². The maximum absolute atomic E-state index is 14.7. The number of hydrogen-bond acceptors (Lipinski definition) is 7. The van der Waals surface area contributed by atoms with Crippen LogP contribution in [0.25, 0.3) is 0 Å². The number of benzene rings is 1. The van der Waals surface area contributed by atoms with Crippen molar-refractivity contribution in [2.45, 2.75) is 71.0 Å². The monoisotopic (exact) mass is 517 g/mol. The van der Waals surface area contributed by atoms with Gasteiger partial charge in [0.1, 0.15) is 0 Å². The second-order valence-corrected chi connectivity index (χ2v) is 11.9. The quantitative estimate of drug-likeness (QED) is 0.495. The number of piperidine rings is 1. The summed E-state index contributed by atoms with van der Waals surface area (Å²) in [5.41, 5.74) is 1.80. The van der Waals surface area contributed by atoms with E-state index in [-0.39, 0.29) is 22.9 Å². The van der Waals surface area contributed by atoms with Gasteiger partial charge in [-0.25, -0.2) is 9.37 Å². The lowest BCUT2D eigenvalue weighted by Crippen LogP contribution is -2.61. The highest BCUT2D eigenvalue weighted by Crippen LogP contribution is 2.38. The fraction of sp³-hybridized carbons (Fsp3) is 0.630. The molecule has 2 N–H and O–H groups in total. The lowest BCUT2D eigenvalue weighted by molar-refractivity contribution is -0.00778. The zero-order chi connectivity index (χ0) is 26.1. The number of likely N-dealkylation sites (tertiary alicyclic amines) is 1. The molecule has 3 heterocycles. The van der Waals surface area contributed by atoms with Gasteiger partial charge in [0.05, 0.1) is 16.9 Å². The summed E-state index contributed by atoms with van der Waals surface area (Å²) in [6, 6.07) is 5.93. The van der Waals surface area contributed by atoms with Gasteiger partial charge < -0.3 is 15.5 Å². The summed E-state index contributed by atoms with van der Waals surface area (Å²) < 4.78 is 14.7. The summed E-state index contributed by atoms with van der Waals surface area (Å²) in [5.74, 6) is 0.137. The van der Waals surface area contributed by atoms with Crippen LogP contribution in [0.2, 0.25) is 5.02 Å². The summed E-state index contributed by atoms with van der Waals surface area (Å²) >= 11 is 6.56.